The van der Waals surface area contributed by atoms with Crippen molar-refractivity contribution in [3.8, 4) is 5.69 Å². The van der Waals surface area contributed by atoms with Crippen LogP contribution in [0.2, 0.25) is 5.02 Å². The van der Waals surface area contributed by atoms with E-state index in [2.05, 4.69) is 15.5 Å². The highest BCUT2D eigenvalue weighted by molar-refractivity contribution is 7.99. The van der Waals surface area contributed by atoms with Gasteiger partial charge in [0, 0.05) is 5.02 Å². The normalized spacial score (nSPS) is 11.3. The van der Waals surface area contributed by atoms with Crippen molar-refractivity contribution in [3.63, 3.8) is 0 Å². The number of rotatable bonds is 6. The molecule has 0 aliphatic rings. The van der Waals surface area contributed by atoms with Crippen LogP contribution in [0.3, 0.4) is 0 Å². The third-order valence-corrected chi connectivity index (χ3v) is 5.49. The van der Waals surface area contributed by atoms with Gasteiger partial charge in [-0.1, -0.05) is 35.5 Å². The van der Waals surface area contributed by atoms with Crippen molar-refractivity contribution in [1.29, 1.82) is 0 Å². The number of amides is 1. The SMILES string of the molecule is Cc1ccc(/C=N\NC(=O)CSc2nc3ccccc3c(=O)n2-c2ccc(Cl)cc2)o1. The van der Waals surface area contributed by atoms with Crippen LogP contribution in [0, 0.1) is 6.92 Å². The number of para-hydroxylation sites is 1. The second kappa shape index (κ2) is 9.20. The lowest BCUT2D eigenvalue weighted by atomic mass is 10.2. The molecule has 0 aliphatic carbocycles. The number of carbonyl (C=O) groups excluding carboxylic acids is 1. The van der Waals surface area contributed by atoms with Gasteiger partial charge in [-0.15, -0.1) is 0 Å². The number of aromatic nitrogens is 2. The third kappa shape index (κ3) is 4.87. The van der Waals surface area contributed by atoms with E-state index < -0.39 is 0 Å². The molecule has 0 fully saturated rings. The van der Waals surface area contributed by atoms with Crippen molar-refractivity contribution < 1.29 is 9.21 Å². The number of hydrogen-bond acceptors (Lipinski definition) is 6. The van der Waals surface area contributed by atoms with Gasteiger partial charge in [0.25, 0.3) is 11.5 Å². The quantitative estimate of drug-likeness (QED) is 0.205. The molecule has 4 aromatic rings. The van der Waals surface area contributed by atoms with Gasteiger partial charge in [0.15, 0.2) is 5.16 Å². The lowest BCUT2D eigenvalue weighted by Gasteiger charge is -2.13. The summed E-state index contributed by atoms with van der Waals surface area (Å²) in [7, 11) is 0. The van der Waals surface area contributed by atoms with Crippen molar-refractivity contribution >= 4 is 46.4 Å². The zero-order valence-electron chi connectivity index (χ0n) is 16.4. The van der Waals surface area contributed by atoms with Gasteiger partial charge in [0.05, 0.1) is 28.6 Å². The number of nitrogens with one attached hydrogen (secondary N) is 1. The number of halogens is 1. The molecule has 2 aromatic heterocycles. The summed E-state index contributed by atoms with van der Waals surface area (Å²) in [5.41, 5.74) is 3.40. The Morgan fingerprint density at radius 1 is 1.19 bits per heavy atom. The Kier molecular flexibility index (Phi) is 6.20. The average Bonchev–Trinajstić information content (AvgIpc) is 3.18. The van der Waals surface area contributed by atoms with Crippen LogP contribution in [-0.4, -0.2) is 27.4 Å². The largest absolute Gasteiger partial charge is 0.460 e. The third-order valence-electron chi connectivity index (χ3n) is 4.30. The number of nitrogens with zero attached hydrogens (tertiary/aromatic N) is 3. The maximum Gasteiger partial charge on any atom is 0.266 e. The molecule has 0 bridgehead atoms. The van der Waals surface area contributed by atoms with Crippen LogP contribution in [0.25, 0.3) is 16.6 Å². The van der Waals surface area contributed by atoms with E-state index in [1.807, 2.05) is 13.0 Å². The van der Waals surface area contributed by atoms with Crippen molar-refractivity contribution in [2.45, 2.75) is 12.1 Å². The van der Waals surface area contributed by atoms with Crippen LogP contribution in [0.15, 0.2) is 80.1 Å². The number of carbonyl (C=O) groups is 1. The number of benzene rings is 2. The molecule has 0 unspecified atom stereocenters. The molecule has 31 heavy (non-hydrogen) atoms. The topological polar surface area (TPSA) is 89.5 Å². The first-order valence-electron chi connectivity index (χ1n) is 9.30. The predicted octanol–water partition coefficient (Wildman–Crippen LogP) is 4.18. The zero-order chi connectivity index (χ0) is 21.8. The van der Waals surface area contributed by atoms with Crippen LogP contribution in [-0.2, 0) is 4.79 Å². The number of aryl methyl sites for hydroxylation is 1. The van der Waals surface area contributed by atoms with Gasteiger partial charge in [-0.25, -0.2) is 10.4 Å². The molecule has 1 amide bonds. The summed E-state index contributed by atoms with van der Waals surface area (Å²) in [5, 5.41) is 5.33. The van der Waals surface area contributed by atoms with Gasteiger partial charge >= 0.3 is 0 Å². The molecule has 7 nitrogen and oxygen atoms in total. The molecule has 0 atom stereocenters. The van der Waals surface area contributed by atoms with Crippen molar-refractivity contribution in [2.75, 3.05) is 5.75 Å². The summed E-state index contributed by atoms with van der Waals surface area (Å²) in [6.07, 6.45) is 1.42. The Labute approximate surface area is 186 Å². The minimum Gasteiger partial charge on any atom is -0.460 e. The van der Waals surface area contributed by atoms with Gasteiger partial charge in [0.2, 0.25) is 0 Å². The van der Waals surface area contributed by atoms with E-state index in [0.717, 1.165) is 17.5 Å². The monoisotopic (exact) mass is 452 g/mol. The average molecular weight is 453 g/mol. The van der Waals surface area contributed by atoms with Crippen LogP contribution < -0.4 is 11.0 Å². The smallest absolute Gasteiger partial charge is 0.266 e. The van der Waals surface area contributed by atoms with Gasteiger partial charge in [-0.05, 0) is 55.5 Å². The summed E-state index contributed by atoms with van der Waals surface area (Å²) >= 11 is 7.13. The van der Waals surface area contributed by atoms with E-state index in [1.54, 1.807) is 54.6 Å². The lowest BCUT2D eigenvalue weighted by molar-refractivity contribution is -0.118. The molecule has 4 rings (SSSR count). The summed E-state index contributed by atoms with van der Waals surface area (Å²) in [6, 6.07) is 17.5. The Balaban J connectivity index is 1.58. The Morgan fingerprint density at radius 2 is 1.97 bits per heavy atom. The molecular formula is C22H17ClN4O3S. The maximum atomic E-state index is 13.2. The molecule has 0 saturated heterocycles. The van der Waals surface area contributed by atoms with Crippen LogP contribution in [0.5, 0.6) is 0 Å². The molecule has 0 saturated carbocycles. The van der Waals surface area contributed by atoms with E-state index in [0.29, 0.717) is 32.5 Å². The highest BCUT2D eigenvalue weighted by atomic mass is 35.5. The summed E-state index contributed by atoms with van der Waals surface area (Å²) in [6.45, 7) is 1.82. The van der Waals surface area contributed by atoms with Crippen molar-refractivity contribution in [2.24, 2.45) is 5.10 Å². The Hall–Kier alpha value is -3.36. The van der Waals surface area contributed by atoms with E-state index in [9.17, 15) is 9.59 Å². The summed E-state index contributed by atoms with van der Waals surface area (Å²) < 4.78 is 6.84. The number of hydrogen-bond donors (Lipinski definition) is 1. The molecular weight excluding hydrogens is 436 g/mol. The zero-order valence-corrected chi connectivity index (χ0v) is 18.0. The molecule has 0 aliphatic heterocycles. The predicted molar refractivity (Wildman–Crippen MR) is 122 cm³/mol. The highest BCUT2D eigenvalue weighted by Gasteiger charge is 2.14. The van der Waals surface area contributed by atoms with Gasteiger partial charge in [-0.3, -0.25) is 14.2 Å². The van der Waals surface area contributed by atoms with Crippen LogP contribution in [0.4, 0.5) is 0 Å². The Bertz CT molecular complexity index is 1330. The maximum absolute atomic E-state index is 13.2. The van der Waals surface area contributed by atoms with Crippen molar-refractivity contribution in [3.05, 3.63) is 87.6 Å². The molecule has 2 heterocycles. The highest BCUT2D eigenvalue weighted by Crippen LogP contribution is 2.22. The second-order valence-corrected chi connectivity index (χ2v) is 7.94. The van der Waals surface area contributed by atoms with Crippen molar-refractivity contribution in [1.82, 2.24) is 15.0 Å². The number of hydrazone groups is 1. The first-order valence-corrected chi connectivity index (χ1v) is 10.7. The number of furan rings is 1. The van der Waals surface area contributed by atoms with E-state index in [-0.39, 0.29) is 17.2 Å². The fraction of sp³-hybridized carbons (Fsp3) is 0.0909. The lowest BCUT2D eigenvalue weighted by Crippen LogP contribution is -2.24. The van der Waals surface area contributed by atoms with Gasteiger partial charge < -0.3 is 4.42 Å². The molecule has 0 radical (unpaired) electrons. The molecule has 156 valence electrons. The van der Waals surface area contributed by atoms with E-state index in [4.69, 9.17) is 16.0 Å². The minimum atomic E-state index is -0.338. The molecule has 0 spiro atoms. The summed E-state index contributed by atoms with van der Waals surface area (Å²) in [5.74, 6) is 0.978. The van der Waals surface area contributed by atoms with Crippen LogP contribution >= 0.6 is 23.4 Å². The summed E-state index contributed by atoms with van der Waals surface area (Å²) in [4.78, 5) is 30.0. The van der Waals surface area contributed by atoms with E-state index in [1.165, 1.54) is 10.8 Å². The minimum absolute atomic E-state index is 0.0207. The number of thioether (sulfide) groups is 1. The van der Waals surface area contributed by atoms with E-state index >= 15 is 0 Å². The standard InChI is InChI=1S/C22H17ClN4O3S/c1-14-6-11-17(30-14)12-24-26-20(28)13-31-22-25-19-5-3-2-4-18(19)21(29)27(22)16-9-7-15(23)8-10-16/h2-12H,13H2,1H3,(H,26,28)/b24-12-. The molecule has 2 aromatic carbocycles. The van der Waals surface area contributed by atoms with Gasteiger partial charge in [0.1, 0.15) is 11.5 Å². The fourth-order valence-corrected chi connectivity index (χ4v) is 3.81. The second-order valence-electron chi connectivity index (χ2n) is 6.56. The fourth-order valence-electron chi connectivity index (χ4n) is 2.88. The number of fused-ring (bicyclic) bond motifs is 1. The Morgan fingerprint density at radius 3 is 2.71 bits per heavy atom. The first kappa shape index (κ1) is 20.9. The molecule has 9 heteroatoms. The van der Waals surface area contributed by atoms with Gasteiger partial charge in [-0.2, -0.15) is 5.10 Å². The first-order chi connectivity index (χ1) is 15.0. The molecule has 1 N–H and O–H groups in total. The van der Waals surface area contributed by atoms with Crippen LogP contribution in [0.1, 0.15) is 11.5 Å².